The van der Waals surface area contributed by atoms with Crippen LogP contribution in [-0.4, -0.2) is 23.2 Å². The van der Waals surface area contributed by atoms with Crippen LogP contribution in [0.4, 0.5) is 9.80 Å². The predicted molar refractivity (Wildman–Crippen MR) is 131 cm³/mol. The van der Waals surface area contributed by atoms with Crippen molar-refractivity contribution < 1.29 is 14.3 Å². The maximum Gasteiger partial charge on any atom is 0.341 e. The van der Waals surface area contributed by atoms with Crippen LogP contribution in [-0.2, 0) is 17.6 Å². The third-order valence-corrected chi connectivity index (χ3v) is 8.35. The third-order valence-electron chi connectivity index (χ3n) is 5.91. The molecule has 170 valence electrons. The first-order valence-corrected chi connectivity index (χ1v) is 12.7. The van der Waals surface area contributed by atoms with Gasteiger partial charge in [0.2, 0.25) is 0 Å². The summed E-state index contributed by atoms with van der Waals surface area (Å²) in [4.78, 5) is 28.1. The Hall–Kier alpha value is -2.58. The SMILES string of the molecule is CCOC(=O)c1c(NC(=O)NC(C)c2c(-n3cccc3)sc(C)c2C)sc2c1CCCC2. The van der Waals surface area contributed by atoms with Gasteiger partial charge in [0.05, 0.1) is 18.2 Å². The zero-order valence-corrected chi connectivity index (χ0v) is 20.5. The van der Waals surface area contributed by atoms with E-state index >= 15 is 0 Å². The number of aryl methyl sites for hydroxylation is 2. The summed E-state index contributed by atoms with van der Waals surface area (Å²) in [6.07, 6.45) is 7.99. The summed E-state index contributed by atoms with van der Waals surface area (Å²) in [5.41, 5.74) is 3.87. The fourth-order valence-electron chi connectivity index (χ4n) is 4.28. The monoisotopic (exact) mass is 471 g/mol. The molecule has 32 heavy (non-hydrogen) atoms. The number of carbonyl (C=O) groups excluding carboxylic acids is 2. The molecule has 1 unspecified atom stereocenters. The van der Waals surface area contributed by atoms with Gasteiger partial charge in [-0.3, -0.25) is 5.32 Å². The highest BCUT2D eigenvalue weighted by molar-refractivity contribution is 7.17. The number of amides is 2. The first-order valence-electron chi connectivity index (χ1n) is 11.0. The van der Waals surface area contributed by atoms with Crippen LogP contribution in [0.5, 0.6) is 0 Å². The van der Waals surface area contributed by atoms with Crippen LogP contribution in [0.2, 0.25) is 0 Å². The normalized spacial score (nSPS) is 14.0. The average Bonchev–Trinajstić information content (AvgIpc) is 3.46. The van der Waals surface area contributed by atoms with Crippen molar-refractivity contribution in [2.75, 3.05) is 11.9 Å². The van der Waals surface area contributed by atoms with E-state index in [9.17, 15) is 9.59 Å². The van der Waals surface area contributed by atoms with Crippen LogP contribution in [0, 0.1) is 13.8 Å². The van der Waals surface area contributed by atoms with Crippen molar-refractivity contribution in [2.45, 2.75) is 59.4 Å². The molecule has 0 aliphatic heterocycles. The fourth-order valence-corrected chi connectivity index (χ4v) is 6.77. The Kier molecular flexibility index (Phi) is 6.71. The summed E-state index contributed by atoms with van der Waals surface area (Å²) in [5.74, 6) is -0.352. The smallest absolute Gasteiger partial charge is 0.341 e. The Balaban J connectivity index is 1.57. The Morgan fingerprint density at radius 1 is 1.16 bits per heavy atom. The van der Waals surface area contributed by atoms with Crippen LogP contribution in [0.3, 0.4) is 0 Å². The molecule has 8 heteroatoms. The second-order valence-corrected chi connectivity index (χ2v) is 10.4. The van der Waals surface area contributed by atoms with Gasteiger partial charge in [0.25, 0.3) is 0 Å². The van der Waals surface area contributed by atoms with Crippen LogP contribution in [0.15, 0.2) is 24.5 Å². The number of thiophene rings is 2. The van der Waals surface area contributed by atoms with Gasteiger partial charge in [-0.25, -0.2) is 9.59 Å². The van der Waals surface area contributed by atoms with Crippen molar-refractivity contribution >= 4 is 39.7 Å². The van der Waals surface area contributed by atoms with E-state index in [0.29, 0.717) is 17.2 Å². The van der Waals surface area contributed by atoms with Crippen molar-refractivity contribution in [1.29, 1.82) is 0 Å². The van der Waals surface area contributed by atoms with E-state index in [2.05, 4.69) is 29.0 Å². The molecule has 2 N–H and O–H groups in total. The quantitative estimate of drug-likeness (QED) is 0.423. The summed E-state index contributed by atoms with van der Waals surface area (Å²) in [6, 6.07) is 3.48. The van der Waals surface area contributed by atoms with Gasteiger partial charge >= 0.3 is 12.0 Å². The largest absolute Gasteiger partial charge is 0.462 e. The van der Waals surface area contributed by atoms with Crippen molar-refractivity contribution in [3.05, 3.63) is 56.5 Å². The lowest BCUT2D eigenvalue weighted by Crippen LogP contribution is -2.32. The number of carbonyl (C=O) groups is 2. The highest BCUT2D eigenvalue weighted by atomic mass is 32.1. The molecular weight excluding hydrogens is 442 g/mol. The van der Waals surface area contributed by atoms with Crippen molar-refractivity contribution in [2.24, 2.45) is 0 Å². The molecule has 0 radical (unpaired) electrons. The zero-order valence-electron chi connectivity index (χ0n) is 18.9. The predicted octanol–water partition coefficient (Wildman–Crippen LogP) is 6.16. The van der Waals surface area contributed by atoms with E-state index in [-0.39, 0.29) is 18.0 Å². The number of esters is 1. The second-order valence-electron chi connectivity index (χ2n) is 8.05. The summed E-state index contributed by atoms with van der Waals surface area (Å²) >= 11 is 3.22. The first kappa shape index (κ1) is 22.6. The molecule has 3 aromatic rings. The maximum atomic E-state index is 13.0. The van der Waals surface area contributed by atoms with Crippen LogP contribution in [0.1, 0.15) is 69.5 Å². The van der Waals surface area contributed by atoms with E-state index in [1.807, 2.05) is 31.5 Å². The number of aromatic nitrogens is 1. The van der Waals surface area contributed by atoms with E-state index in [1.165, 1.54) is 26.7 Å². The van der Waals surface area contributed by atoms with Gasteiger partial charge in [-0.2, -0.15) is 0 Å². The molecule has 4 rings (SSSR count). The van der Waals surface area contributed by atoms with Crippen molar-refractivity contribution in [3.63, 3.8) is 0 Å². The number of hydrogen-bond acceptors (Lipinski definition) is 5. The van der Waals surface area contributed by atoms with Crippen LogP contribution >= 0.6 is 22.7 Å². The number of anilines is 1. The van der Waals surface area contributed by atoms with E-state index in [4.69, 9.17) is 4.74 Å². The molecule has 2 amide bonds. The van der Waals surface area contributed by atoms with Gasteiger partial charge in [0, 0.05) is 27.7 Å². The number of hydrogen-bond donors (Lipinski definition) is 2. The fraction of sp³-hybridized carbons (Fsp3) is 0.417. The summed E-state index contributed by atoms with van der Waals surface area (Å²) in [5, 5.41) is 7.72. The summed E-state index contributed by atoms with van der Waals surface area (Å²) in [7, 11) is 0. The second kappa shape index (κ2) is 9.50. The molecule has 6 nitrogen and oxygen atoms in total. The molecule has 3 aromatic heterocycles. The minimum atomic E-state index is -0.352. The Morgan fingerprint density at radius 2 is 1.88 bits per heavy atom. The van der Waals surface area contributed by atoms with Crippen LogP contribution in [0.25, 0.3) is 5.00 Å². The van der Waals surface area contributed by atoms with Gasteiger partial charge in [-0.1, -0.05) is 0 Å². The number of fused-ring (bicyclic) bond motifs is 1. The maximum absolute atomic E-state index is 13.0. The van der Waals surface area contributed by atoms with Crippen molar-refractivity contribution in [1.82, 2.24) is 9.88 Å². The minimum absolute atomic E-state index is 0.196. The number of rotatable bonds is 6. The standard InChI is InChI=1S/C24H29N3O3S2/c1-5-30-23(28)20-17-10-6-7-11-18(17)32-21(20)26-24(29)25-15(3)19-14(2)16(4)31-22(19)27-12-8-9-13-27/h8-9,12-13,15H,5-7,10-11H2,1-4H3,(H2,25,26,29). The van der Waals surface area contributed by atoms with E-state index in [0.717, 1.165) is 41.8 Å². The molecule has 1 aliphatic carbocycles. The van der Waals surface area contributed by atoms with Gasteiger partial charge in [-0.15, -0.1) is 22.7 Å². The van der Waals surface area contributed by atoms with Gasteiger partial charge < -0.3 is 14.6 Å². The Morgan fingerprint density at radius 3 is 2.59 bits per heavy atom. The number of urea groups is 1. The molecule has 1 atom stereocenters. The van der Waals surface area contributed by atoms with Crippen LogP contribution < -0.4 is 10.6 Å². The molecule has 1 aliphatic rings. The number of nitrogens with zero attached hydrogens (tertiary/aromatic N) is 1. The number of nitrogens with one attached hydrogen (secondary N) is 2. The molecule has 0 aromatic carbocycles. The van der Waals surface area contributed by atoms with E-state index < -0.39 is 0 Å². The molecule has 0 spiro atoms. The summed E-state index contributed by atoms with van der Waals surface area (Å²) in [6.45, 7) is 8.30. The molecular formula is C24H29N3O3S2. The number of ether oxygens (including phenoxy) is 1. The first-order chi connectivity index (χ1) is 15.4. The average molecular weight is 472 g/mol. The molecule has 0 bridgehead atoms. The molecule has 3 heterocycles. The highest BCUT2D eigenvalue weighted by Gasteiger charge is 2.28. The molecule has 0 saturated carbocycles. The van der Waals surface area contributed by atoms with Gasteiger partial charge in [0.15, 0.2) is 0 Å². The lowest BCUT2D eigenvalue weighted by molar-refractivity contribution is 0.0526. The van der Waals surface area contributed by atoms with Crippen molar-refractivity contribution in [3.8, 4) is 5.00 Å². The molecule has 0 fully saturated rings. The topological polar surface area (TPSA) is 72.4 Å². The third kappa shape index (κ3) is 4.34. The highest BCUT2D eigenvalue weighted by Crippen LogP contribution is 2.39. The Labute approximate surface area is 196 Å². The molecule has 0 saturated heterocycles. The lowest BCUT2D eigenvalue weighted by Gasteiger charge is -2.17. The van der Waals surface area contributed by atoms with Gasteiger partial charge in [-0.05, 0) is 76.6 Å². The van der Waals surface area contributed by atoms with Gasteiger partial charge in [0.1, 0.15) is 10.0 Å². The Bertz CT molecular complexity index is 1130. The van der Waals surface area contributed by atoms with E-state index in [1.54, 1.807) is 18.3 Å². The summed E-state index contributed by atoms with van der Waals surface area (Å²) < 4.78 is 7.38. The zero-order chi connectivity index (χ0) is 22.8. The minimum Gasteiger partial charge on any atom is -0.462 e. The lowest BCUT2D eigenvalue weighted by atomic mass is 9.95.